The Morgan fingerprint density at radius 2 is 2.21 bits per heavy atom. The molecular weight excluding hydrogens is 315 g/mol. The highest BCUT2D eigenvalue weighted by molar-refractivity contribution is 5.92. The molecule has 0 fully saturated rings. The molecule has 0 radical (unpaired) electrons. The molecule has 8 heteroatoms. The molecule has 1 aromatic carbocycles. The van der Waals surface area contributed by atoms with Crippen LogP contribution in [0.3, 0.4) is 0 Å². The molecule has 1 atom stereocenters. The van der Waals surface area contributed by atoms with E-state index in [9.17, 15) is 14.0 Å². The fourth-order valence-corrected chi connectivity index (χ4v) is 2.27. The number of amides is 1. The highest BCUT2D eigenvalue weighted by Gasteiger charge is 2.19. The van der Waals surface area contributed by atoms with Gasteiger partial charge in [-0.2, -0.15) is 0 Å². The summed E-state index contributed by atoms with van der Waals surface area (Å²) in [4.78, 5) is 23.1. The van der Waals surface area contributed by atoms with Gasteiger partial charge in [-0.05, 0) is 24.1 Å². The predicted molar refractivity (Wildman–Crippen MR) is 83.9 cm³/mol. The van der Waals surface area contributed by atoms with E-state index < -0.39 is 17.8 Å². The van der Waals surface area contributed by atoms with E-state index in [1.807, 2.05) is 6.92 Å². The normalized spacial score (nSPS) is 11.9. The molecular formula is C16H19FN4O3. The number of aliphatic carboxylic acids is 1. The van der Waals surface area contributed by atoms with E-state index in [-0.39, 0.29) is 24.6 Å². The van der Waals surface area contributed by atoms with Gasteiger partial charge < -0.3 is 10.4 Å². The number of benzene rings is 1. The third kappa shape index (κ3) is 4.87. The van der Waals surface area contributed by atoms with Crippen molar-refractivity contribution >= 4 is 11.9 Å². The zero-order valence-electron chi connectivity index (χ0n) is 13.3. The molecule has 0 aliphatic heterocycles. The fraction of sp³-hybridized carbons (Fsp3) is 0.375. The third-order valence-electron chi connectivity index (χ3n) is 3.50. The van der Waals surface area contributed by atoms with Crippen LogP contribution in [0.15, 0.2) is 30.5 Å². The summed E-state index contributed by atoms with van der Waals surface area (Å²) in [6.07, 6.45) is 2.65. The van der Waals surface area contributed by atoms with Gasteiger partial charge in [0, 0.05) is 6.54 Å². The van der Waals surface area contributed by atoms with Crippen LogP contribution in [0.5, 0.6) is 0 Å². The lowest BCUT2D eigenvalue weighted by Gasteiger charge is -2.11. The summed E-state index contributed by atoms with van der Waals surface area (Å²) in [6.45, 7) is 2.21. The lowest BCUT2D eigenvalue weighted by atomic mass is 10.0. The lowest BCUT2D eigenvalue weighted by Crippen LogP contribution is -2.33. The molecule has 0 spiro atoms. The maximum absolute atomic E-state index is 13.2. The standard InChI is InChI=1S/C16H19FN4O3/c1-2-4-12(16(23)24)8-18-15(22)14-10-21(20-19-14)9-11-5-3-6-13(17)7-11/h3,5-7,10,12H,2,4,8-9H2,1H3,(H,18,22)(H,23,24). The molecule has 2 rings (SSSR count). The van der Waals surface area contributed by atoms with Crippen LogP contribution < -0.4 is 5.32 Å². The summed E-state index contributed by atoms with van der Waals surface area (Å²) < 4.78 is 14.6. The Morgan fingerprint density at radius 1 is 1.42 bits per heavy atom. The van der Waals surface area contributed by atoms with Crippen molar-refractivity contribution in [3.05, 3.63) is 47.5 Å². The van der Waals surface area contributed by atoms with E-state index in [2.05, 4.69) is 15.6 Å². The Hall–Kier alpha value is -2.77. The molecule has 128 valence electrons. The van der Waals surface area contributed by atoms with Crippen LogP contribution >= 0.6 is 0 Å². The molecule has 1 unspecified atom stereocenters. The van der Waals surface area contributed by atoms with Crippen molar-refractivity contribution in [2.75, 3.05) is 6.54 Å². The van der Waals surface area contributed by atoms with E-state index in [4.69, 9.17) is 5.11 Å². The zero-order chi connectivity index (χ0) is 17.5. The molecule has 0 bridgehead atoms. The number of nitrogens with one attached hydrogen (secondary N) is 1. The Labute approximate surface area is 138 Å². The quantitative estimate of drug-likeness (QED) is 0.766. The van der Waals surface area contributed by atoms with E-state index >= 15 is 0 Å². The average molecular weight is 334 g/mol. The van der Waals surface area contributed by atoms with Gasteiger partial charge in [-0.3, -0.25) is 9.59 Å². The Morgan fingerprint density at radius 3 is 2.88 bits per heavy atom. The Bertz CT molecular complexity index is 717. The van der Waals surface area contributed by atoms with Crippen molar-refractivity contribution in [2.24, 2.45) is 5.92 Å². The predicted octanol–water partition coefficient (Wildman–Crippen LogP) is 1.70. The summed E-state index contributed by atoms with van der Waals surface area (Å²) in [5, 5.41) is 19.2. The summed E-state index contributed by atoms with van der Waals surface area (Å²) in [5.74, 6) is -2.39. The zero-order valence-corrected chi connectivity index (χ0v) is 13.3. The fourth-order valence-electron chi connectivity index (χ4n) is 2.27. The first-order valence-corrected chi connectivity index (χ1v) is 7.65. The number of hydrogen-bond donors (Lipinski definition) is 2. The number of aromatic nitrogens is 3. The van der Waals surface area contributed by atoms with Gasteiger partial charge in [-0.15, -0.1) is 5.10 Å². The van der Waals surface area contributed by atoms with Crippen LogP contribution in [0.25, 0.3) is 0 Å². The van der Waals surface area contributed by atoms with Crippen LogP contribution in [0.2, 0.25) is 0 Å². The summed E-state index contributed by atoms with van der Waals surface area (Å²) in [7, 11) is 0. The number of carboxylic acids is 1. The summed E-state index contributed by atoms with van der Waals surface area (Å²) >= 11 is 0. The molecule has 0 aliphatic rings. The molecule has 1 amide bonds. The van der Waals surface area contributed by atoms with E-state index in [0.29, 0.717) is 12.0 Å². The molecule has 0 saturated carbocycles. The lowest BCUT2D eigenvalue weighted by molar-refractivity contribution is -0.141. The number of halogens is 1. The number of carboxylic acid groups (broad SMARTS) is 1. The van der Waals surface area contributed by atoms with Gasteiger partial charge in [0.05, 0.1) is 18.7 Å². The van der Waals surface area contributed by atoms with Gasteiger partial charge in [0.2, 0.25) is 0 Å². The van der Waals surface area contributed by atoms with Gasteiger partial charge in [-0.1, -0.05) is 30.7 Å². The smallest absolute Gasteiger partial charge is 0.308 e. The molecule has 1 heterocycles. The number of nitrogens with zero attached hydrogens (tertiary/aromatic N) is 3. The van der Waals surface area contributed by atoms with Crippen LogP contribution in [-0.4, -0.2) is 38.5 Å². The van der Waals surface area contributed by atoms with Crippen molar-refractivity contribution < 1.29 is 19.1 Å². The van der Waals surface area contributed by atoms with Crippen molar-refractivity contribution in [1.82, 2.24) is 20.3 Å². The van der Waals surface area contributed by atoms with Gasteiger partial charge >= 0.3 is 5.97 Å². The first-order valence-electron chi connectivity index (χ1n) is 7.65. The maximum atomic E-state index is 13.2. The number of rotatable bonds is 8. The highest BCUT2D eigenvalue weighted by Crippen LogP contribution is 2.07. The molecule has 1 aromatic heterocycles. The van der Waals surface area contributed by atoms with Crippen molar-refractivity contribution in [2.45, 2.75) is 26.3 Å². The number of carbonyl (C=O) groups excluding carboxylic acids is 1. The minimum atomic E-state index is -0.938. The van der Waals surface area contributed by atoms with Crippen LogP contribution in [-0.2, 0) is 11.3 Å². The van der Waals surface area contributed by atoms with Crippen molar-refractivity contribution in [3.63, 3.8) is 0 Å². The van der Waals surface area contributed by atoms with E-state index in [1.54, 1.807) is 12.1 Å². The second kappa shape index (κ2) is 8.19. The van der Waals surface area contributed by atoms with Crippen LogP contribution in [0, 0.1) is 11.7 Å². The van der Waals surface area contributed by atoms with Gasteiger partial charge in [0.15, 0.2) is 5.69 Å². The molecule has 24 heavy (non-hydrogen) atoms. The van der Waals surface area contributed by atoms with Crippen LogP contribution in [0.1, 0.15) is 35.8 Å². The molecule has 2 aromatic rings. The average Bonchev–Trinajstić information content (AvgIpc) is 2.99. The minimum Gasteiger partial charge on any atom is -0.481 e. The molecule has 2 N–H and O–H groups in total. The third-order valence-corrected chi connectivity index (χ3v) is 3.50. The topological polar surface area (TPSA) is 97.1 Å². The molecule has 0 saturated heterocycles. The van der Waals surface area contributed by atoms with Gasteiger partial charge in [-0.25, -0.2) is 9.07 Å². The maximum Gasteiger partial charge on any atom is 0.308 e. The Kier molecular flexibility index (Phi) is 6.00. The monoisotopic (exact) mass is 334 g/mol. The van der Waals surface area contributed by atoms with Gasteiger partial charge in [0.1, 0.15) is 5.82 Å². The van der Waals surface area contributed by atoms with Crippen molar-refractivity contribution in [3.8, 4) is 0 Å². The molecule has 7 nitrogen and oxygen atoms in total. The van der Waals surface area contributed by atoms with E-state index in [1.165, 1.54) is 23.0 Å². The first-order chi connectivity index (χ1) is 11.5. The molecule has 0 aliphatic carbocycles. The number of hydrogen-bond acceptors (Lipinski definition) is 4. The van der Waals surface area contributed by atoms with Crippen molar-refractivity contribution in [1.29, 1.82) is 0 Å². The van der Waals surface area contributed by atoms with Gasteiger partial charge in [0.25, 0.3) is 5.91 Å². The van der Waals surface area contributed by atoms with E-state index in [0.717, 1.165) is 6.42 Å². The van der Waals surface area contributed by atoms with Crippen LogP contribution in [0.4, 0.5) is 4.39 Å². The SMILES string of the molecule is CCCC(CNC(=O)c1cn(Cc2cccc(F)c2)nn1)C(=O)O. The summed E-state index contributed by atoms with van der Waals surface area (Å²) in [5.41, 5.74) is 0.785. The minimum absolute atomic E-state index is 0.0404. The largest absolute Gasteiger partial charge is 0.481 e. The second-order valence-corrected chi connectivity index (χ2v) is 5.47. The Balaban J connectivity index is 1.94. The number of carbonyl (C=O) groups is 2. The first kappa shape index (κ1) is 17.6. The highest BCUT2D eigenvalue weighted by atomic mass is 19.1. The summed E-state index contributed by atoms with van der Waals surface area (Å²) in [6, 6.07) is 6.06. The second-order valence-electron chi connectivity index (χ2n) is 5.47.